The molecule has 4 aromatic rings. The Morgan fingerprint density at radius 3 is 2.72 bits per heavy atom. The zero-order chi connectivity index (χ0) is 24.8. The molecule has 2 N–H and O–H groups in total. The zero-order valence-corrected chi connectivity index (χ0v) is 20.3. The molecule has 1 aliphatic heterocycles. The van der Waals surface area contributed by atoms with Crippen molar-refractivity contribution in [1.29, 1.82) is 0 Å². The van der Waals surface area contributed by atoms with Crippen LogP contribution in [0.4, 0.5) is 4.39 Å². The number of aliphatic carboxylic acids is 1. The van der Waals surface area contributed by atoms with Gasteiger partial charge in [0.2, 0.25) is 0 Å². The highest BCUT2D eigenvalue weighted by atomic mass is 19.1. The van der Waals surface area contributed by atoms with Gasteiger partial charge in [-0.1, -0.05) is 0 Å². The van der Waals surface area contributed by atoms with E-state index in [0.29, 0.717) is 19.4 Å². The van der Waals surface area contributed by atoms with Gasteiger partial charge in [-0.05, 0) is 74.3 Å². The lowest BCUT2D eigenvalue weighted by Gasteiger charge is -2.30. The van der Waals surface area contributed by atoms with Gasteiger partial charge in [0.1, 0.15) is 0 Å². The summed E-state index contributed by atoms with van der Waals surface area (Å²) in [5.41, 5.74) is 5.30. The minimum absolute atomic E-state index is 0.186. The predicted octanol–water partition coefficient (Wildman–Crippen LogP) is 5.91. The fraction of sp³-hybridized carbons (Fsp3) is 0.429. The Balaban J connectivity index is 1.62. The molecule has 0 radical (unpaired) electrons. The van der Waals surface area contributed by atoms with Gasteiger partial charge in [0.05, 0.1) is 36.9 Å². The number of aromatic amines is 1. The number of nitrogens with one attached hydrogen (secondary N) is 1. The summed E-state index contributed by atoms with van der Waals surface area (Å²) in [7, 11) is 1.48. The van der Waals surface area contributed by atoms with Crippen LogP contribution in [0.2, 0.25) is 0 Å². The van der Waals surface area contributed by atoms with Gasteiger partial charge in [-0.2, -0.15) is 5.10 Å². The fourth-order valence-electron chi connectivity index (χ4n) is 6.25. The van der Waals surface area contributed by atoms with E-state index in [1.54, 1.807) is 12.1 Å². The number of hydrogen-bond donors (Lipinski definition) is 2. The van der Waals surface area contributed by atoms with Crippen molar-refractivity contribution in [2.24, 2.45) is 5.92 Å². The van der Waals surface area contributed by atoms with Gasteiger partial charge < -0.3 is 19.1 Å². The summed E-state index contributed by atoms with van der Waals surface area (Å²) in [6.07, 6.45) is 6.79. The standard InChI is InChI=1S/C28H30FN3O4/c1-35-25-12-20(8-9-22(25)29)32-24-11-19-14-30-31-23(19)13-21(24)26(27(32)18-3-2-10-36-15-18)16-4-6-17(7-5-16)28(33)34/h8-9,11-14,16-18H,2-7,10,15H2,1H3,(H,30,31)(H,33,34)/t16-,17-,18?. The van der Waals surface area contributed by atoms with Crippen molar-refractivity contribution >= 4 is 27.8 Å². The second-order valence-electron chi connectivity index (χ2n) is 10.1. The third-order valence-electron chi connectivity index (χ3n) is 8.03. The Labute approximate surface area is 208 Å². The lowest BCUT2D eigenvalue weighted by molar-refractivity contribution is -0.142. The third kappa shape index (κ3) is 3.84. The summed E-state index contributed by atoms with van der Waals surface area (Å²) < 4.78 is 27.9. The van der Waals surface area contributed by atoms with E-state index in [1.807, 2.05) is 6.20 Å². The van der Waals surface area contributed by atoms with Crippen molar-refractivity contribution in [3.8, 4) is 11.4 Å². The summed E-state index contributed by atoms with van der Waals surface area (Å²) in [6.45, 7) is 1.39. The quantitative estimate of drug-likeness (QED) is 0.362. The molecule has 1 aliphatic carbocycles. The van der Waals surface area contributed by atoms with Crippen LogP contribution in [0.25, 0.3) is 27.5 Å². The summed E-state index contributed by atoms with van der Waals surface area (Å²) >= 11 is 0. The van der Waals surface area contributed by atoms with Gasteiger partial charge in [-0.3, -0.25) is 9.89 Å². The van der Waals surface area contributed by atoms with Crippen LogP contribution in [0.3, 0.4) is 0 Å². The maximum Gasteiger partial charge on any atom is 0.306 e. The van der Waals surface area contributed by atoms with Crippen LogP contribution in [0.1, 0.15) is 61.6 Å². The normalized spacial score (nSPS) is 22.8. The van der Waals surface area contributed by atoms with E-state index < -0.39 is 11.8 Å². The van der Waals surface area contributed by atoms with Crippen LogP contribution in [0.15, 0.2) is 36.5 Å². The average Bonchev–Trinajstić information content (AvgIpc) is 3.50. The molecule has 1 unspecified atom stereocenters. The number of hydrogen-bond acceptors (Lipinski definition) is 4. The van der Waals surface area contributed by atoms with Gasteiger partial charge >= 0.3 is 5.97 Å². The molecule has 6 rings (SSSR count). The molecule has 0 bridgehead atoms. The van der Waals surface area contributed by atoms with Crippen LogP contribution < -0.4 is 4.74 Å². The molecule has 36 heavy (non-hydrogen) atoms. The van der Waals surface area contributed by atoms with Crippen LogP contribution in [0, 0.1) is 11.7 Å². The molecule has 8 heteroatoms. The number of carbonyl (C=O) groups is 1. The molecule has 1 saturated carbocycles. The SMILES string of the molecule is COc1cc(-n2c(C3CCCOC3)c([C@H]3CC[C@H](C(=O)O)CC3)c3cc4[nH]ncc4cc32)ccc1F. The van der Waals surface area contributed by atoms with E-state index in [9.17, 15) is 14.3 Å². The molecule has 2 aliphatic rings. The smallest absolute Gasteiger partial charge is 0.306 e. The number of H-pyrrole nitrogens is 1. The van der Waals surface area contributed by atoms with Gasteiger partial charge in [-0.25, -0.2) is 4.39 Å². The average molecular weight is 492 g/mol. The molecule has 188 valence electrons. The molecule has 2 aromatic heterocycles. The minimum atomic E-state index is -0.700. The molecular formula is C28H30FN3O4. The van der Waals surface area contributed by atoms with Crippen molar-refractivity contribution in [2.45, 2.75) is 50.4 Å². The second kappa shape index (κ2) is 9.24. The monoisotopic (exact) mass is 491 g/mol. The van der Waals surface area contributed by atoms with Crippen LogP contribution in [0.5, 0.6) is 5.75 Å². The maximum absolute atomic E-state index is 14.4. The number of methoxy groups -OCH3 is 1. The first-order valence-electron chi connectivity index (χ1n) is 12.7. The van der Waals surface area contributed by atoms with E-state index in [-0.39, 0.29) is 23.5 Å². The topological polar surface area (TPSA) is 89.4 Å². The number of aromatic nitrogens is 3. The van der Waals surface area contributed by atoms with E-state index in [0.717, 1.165) is 59.8 Å². The van der Waals surface area contributed by atoms with E-state index in [1.165, 1.54) is 24.4 Å². The first-order chi connectivity index (χ1) is 17.5. The number of halogens is 1. The number of rotatable bonds is 5. The van der Waals surface area contributed by atoms with Crippen LogP contribution in [-0.4, -0.2) is 46.2 Å². The minimum Gasteiger partial charge on any atom is -0.494 e. The number of benzene rings is 2. The lowest BCUT2D eigenvalue weighted by atomic mass is 9.76. The zero-order valence-electron chi connectivity index (χ0n) is 20.3. The molecule has 0 spiro atoms. The molecule has 2 fully saturated rings. The second-order valence-corrected chi connectivity index (χ2v) is 10.1. The first kappa shape index (κ1) is 23.0. The molecular weight excluding hydrogens is 461 g/mol. The summed E-state index contributed by atoms with van der Waals surface area (Å²) in [5, 5.41) is 19.1. The Bertz CT molecular complexity index is 1430. The Kier molecular flexibility index (Phi) is 5.91. The first-order valence-corrected chi connectivity index (χ1v) is 12.7. The van der Waals surface area contributed by atoms with E-state index in [2.05, 4.69) is 26.9 Å². The summed E-state index contributed by atoms with van der Waals surface area (Å²) in [5.74, 6) is -0.751. The van der Waals surface area contributed by atoms with Crippen molar-refractivity contribution in [3.05, 3.63) is 53.6 Å². The Morgan fingerprint density at radius 1 is 1.17 bits per heavy atom. The molecule has 0 amide bonds. The number of carboxylic acid groups (broad SMARTS) is 1. The van der Waals surface area contributed by atoms with Crippen molar-refractivity contribution in [2.75, 3.05) is 20.3 Å². The lowest BCUT2D eigenvalue weighted by Crippen LogP contribution is -2.23. The highest BCUT2D eigenvalue weighted by Gasteiger charge is 2.34. The molecule has 1 atom stereocenters. The van der Waals surface area contributed by atoms with E-state index in [4.69, 9.17) is 9.47 Å². The molecule has 7 nitrogen and oxygen atoms in total. The fourth-order valence-corrected chi connectivity index (χ4v) is 6.25. The predicted molar refractivity (Wildman–Crippen MR) is 135 cm³/mol. The highest BCUT2D eigenvalue weighted by molar-refractivity contribution is 5.99. The molecule has 3 heterocycles. The largest absolute Gasteiger partial charge is 0.494 e. The Hall–Kier alpha value is -3.39. The summed E-state index contributed by atoms with van der Waals surface area (Å²) in [6, 6.07) is 9.32. The van der Waals surface area contributed by atoms with Gasteiger partial charge in [-0.15, -0.1) is 0 Å². The van der Waals surface area contributed by atoms with Crippen molar-refractivity contribution < 1.29 is 23.8 Å². The van der Waals surface area contributed by atoms with Crippen molar-refractivity contribution in [1.82, 2.24) is 14.8 Å². The highest BCUT2D eigenvalue weighted by Crippen LogP contribution is 2.47. The maximum atomic E-state index is 14.4. The van der Waals surface area contributed by atoms with E-state index >= 15 is 0 Å². The van der Waals surface area contributed by atoms with Crippen LogP contribution in [-0.2, 0) is 9.53 Å². The van der Waals surface area contributed by atoms with Gasteiger partial charge in [0, 0.05) is 40.7 Å². The van der Waals surface area contributed by atoms with Gasteiger partial charge in [0.25, 0.3) is 0 Å². The number of carboxylic acids is 1. The van der Waals surface area contributed by atoms with Gasteiger partial charge in [0.15, 0.2) is 11.6 Å². The van der Waals surface area contributed by atoms with Crippen molar-refractivity contribution in [3.63, 3.8) is 0 Å². The molecule has 2 aromatic carbocycles. The number of fused-ring (bicyclic) bond motifs is 2. The summed E-state index contributed by atoms with van der Waals surface area (Å²) in [4.78, 5) is 11.6. The molecule has 1 saturated heterocycles. The number of ether oxygens (including phenoxy) is 2. The third-order valence-corrected chi connectivity index (χ3v) is 8.03. The van der Waals surface area contributed by atoms with Crippen LogP contribution >= 0.6 is 0 Å². The Morgan fingerprint density at radius 2 is 2.00 bits per heavy atom. The number of nitrogens with zero attached hydrogens (tertiary/aromatic N) is 2.